The van der Waals surface area contributed by atoms with E-state index in [0.29, 0.717) is 0 Å². The van der Waals surface area contributed by atoms with Crippen LogP contribution in [0, 0.1) is 0 Å². The van der Waals surface area contributed by atoms with E-state index in [4.69, 9.17) is 0 Å². The molecule has 0 aliphatic carbocycles. The molecule has 1 unspecified atom stereocenters. The number of dihydropyridines is 1. The Balaban J connectivity index is 1.06. The van der Waals surface area contributed by atoms with Gasteiger partial charge in [0.1, 0.15) is 0 Å². The largest absolute Gasteiger partial charge is 0.374 e. The fourth-order valence-corrected chi connectivity index (χ4v) is 10.2. The summed E-state index contributed by atoms with van der Waals surface area (Å²) in [5.74, 6) is 0. The van der Waals surface area contributed by atoms with Crippen LogP contribution in [-0.4, -0.2) is 9.13 Å². The molecule has 2 aromatic heterocycles. The summed E-state index contributed by atoms with van der Waals surface area (Å²) in [6.45, 7) is 0. The zero-order valence-electron chi connectivity index (χ0n) is 35.0. The molecular weight excluding hydrogens is 775 g/mol. The predicted octanol–water partition coefficient (Wildman–Crippen LogP) is 15.8. The second kappa shape index (κ2) is 14.6. The zero-order valence-corrected chi connectivity index (χ0v) is 35.0. The number of hydrogen-bond acceptors (Lipinski definition) is 1. The predicted molar refractivity (Wildman–Crippen MR) is 271 cm³/mol. The number of nitrogens with one attached hydrogen (secondary N) is 1. The van der Waals surface area contributed by atoms with E-state index in [1.54, 1.807) is 0 Å². The van der Waals surface area contributed by atoms with Gasteiger partial charge in [-0.15, -0.1) is 0 Å². The van der Waals surface area contributed by atoms with Gasteiger partial charge in [0.25, 0.3) is 0 Å². The Morgan fingerprint density at radius 1 is 0.344 bits per heavy atom. The number of benzene rings is 10. The van der Waals surface area contributed by atoms with E-state index < -0.39 is 0 Å². The summed E-state index contributed by atoms with van der Waals surface area (Å²) in [6, 6.07) is 81.9. The van der Waals surface area contributed by atoms with Crippen LogP contribution >= 0.6 is 0 Å². The van der Waals surface area contributed by atoms with E-state index in [0.717, 1.165) is 22.6 Å². The summed E-state index contributed by atoms with van der Waals surface area (Å²) in [5, 5.41) is 14.0. The summed E-state index contributed by atoms with van der Waals surface area (Å²) in [4.78, 5) is 0. The van der Waals surface area contributed by atoms with Crippen molar-refractivity contribution in [2.45, 2.75) is 6.04 Å². The van der Waals surface area contributed by atoms with Crippen molar-refractivity contribution < 1.29 is 0 Å². The molecule has 0 saturated heterocycles. The standard InChI is InChI=1S/C61H41N3/c1-2-22-50(23-3-1)63-58-26-10-8-24-52(58)54-32-33-55-53-25-9-11-27-59(53)64(61(55)60(54)63)51-38-56(48-20-12-18-44(36-48)46-30-28-40-14-4-6-16-42(40)34-46)62-57(39-51)49-21-13-19-45(37-49)47-31-29-41-15-5-7-17-43(41)35-47/h1-39,56,62H. The van der Waals surface area contributed by atoms with Gasteiger partial charge in [0.05, 0.1) is 28.1 Å². The molecule has 3 heterocycles. The van der Waals surface area contributed by atoms with E-state index >= 15 is 0 Å². The quantitative estimate of drug-likeness (QED) is 0.177. The van der Waals surface area contributed by atoms with Crippen LogP contribution in [0.5, 0.6) is 0 Å². The lowest BCUT2D eigenvalue weighted by Crippen LogP contribution is -2.23. The maximum atomic E-state index is 4.05. The highest BCUT2D eigenvalue weighted by Gasteiger charge is 2.25. The Hall–Kier alpha value is -8.40. The molecule has 12 aromatic rings. The smallest absolute Gasteiger partial charge is 0.0788 e. The Kier molecular flexibility index (Phi) is 8.28. The molecule has 3 heteroatoms. The lowest BCUT2D eigenvalue weighted by Gasteiger charge is -2.27. The molecule has 0 saturated carbocycles. The van der Waals surface area contributed by atoms with Crippen molar-refractivity contribution in [3.63, 3.8) is 0 Å². The van der Waals surface area contributed by atoms with Gasteiger partial charge in [0.15, 0.2) is 0 Å². The molecule has 0 spiro atoms. The van der Waals surface area contributed by atoms with Crippen LogP contribution in [0.4, 0.5) is 0 Å². The maximum absolute atomic E-state index is 4.05. The van der Waals surface area contributed by atoms with Crippen LogP contribution in [0.1, 0.15) is 17.2 Å². The molecule has 0 bridgehead atoms. The molecule has 13 rings (SSSR count). The third-order valence-electron chi connectivity index (χ3n) is 13.3. The van der Waals surface area contributed by atoms with E-state index in [1.165, 1.54) is 93.0 Å². The fourth-order valence-electron chi connectivity index (χ4n) is 10.2. The van der Waals surface area contributed by atoms with Crippen LogP contribution in [0.25, 0.3) is 104 Å². The first-order valence-electron chi connectivity index (χ1n) is 22.1. The van der Waals surface area contributed by atoms with E-state index in [-0.39, 0.29) is 6.04 Å². The fraction of sp³-hybridized carbons (Fsp3) is 0.0164. The molecule has 10 aromatic carbocycles. The molecule has 64 heavy (non-hydrogen) atoms. The monoisotopic (exact) mass is 815 g/mol. The summed E-state index contributed by atoms with van der Waals surface area (Å²) in [5.41, 5.74) is 15.2. The summed E-state index contributed by atoms with van der Waals surface area (Å²) >= 11 is 0. The maximum Gasteiger partial charge on any atom is 0.0788 e. The SMILES string of the molecule is C1=C(c2cccc(-c3ccc4ccccc4c3)c2)NC(c2cccc(-c3ccc4ccccc4c3)c2)C=C1n1c2ccccc2c2ccc3c4ccccc4n(-c4ccccc4)c3c21. The highest BCUT2D eigenvalue weighted by molar-refractivity contribution is 6.24. The van der Waals surface area contributed by atoms with Crippen LogP contribution in [-0.2, 0) is 0 Å². The van der Waals surface area contributed by atoms with Gasteiger partial charge in [-0.05, 0) is 116 Å². The zero-order chi connectivity index (χ0) is 42.1. The second-order valence-electron chi connectivity index (χ2n) is 17.0. The van der Waals surface area contributed by atoms with Crippen LogP contribution in [0.3, 0.4) is 0 Å². The van der Waals surface area contributed by atoms with Gasteiger partial charge in [0.2, 0.25) is 0 Å². The normalized spacial score (nSPS) is 14.1. The number of nitrogens with zero attached hydrogens (tertiary/aromatic N) is 2. The van der Waals surface area contributed by atoms with Gasteiger partial charge in [-0.2, -0.15) is 0 Å². The number of hydrogen-bond donors (Lipinski definition) is 1. The first-order chi connectivity index (χ1) is 31.7. The van der Waals surface area contributed by atoms with Crippen LogP contribution in [0.15, 0.2) is 237 Å². The number of fused-ring (bicyclic) bond motifs is 9. The third-order valence-corrected chi connectivity index (χ3v) is 13.3. The molecule has 0 fully saturated rings. The summed E-state index contributed by atoms with van der Waals surface area (Å²) < 4.78 is 4.99. The number of allylic oxidation sites excluding steroid dienone is 2. The first-order valence-corrected chi connectivity index (χ1v) is 22.1. The summed E-state index contributed by atoms with van der Waals surface area (Å²) in [7, 11) is 0. The minimum Gasteiger partial charge on any atom is -0.374 e. The van der Waals surface area contributed by atoms with Gasteiger partial charge in [-0.1, -0.05) is 176 Å². The van der Waals surface area contributed by atoms with Crippen LogP contribution in [0.2, 0.25) is 0 Å². The van der Waals surface area contributed by atoms with E-state index in [9.17, 15) is 0 Å². The first kappa shape index (κ1) is 36.3. The highest BCUT2D eigenvalue weighted by Crippen LogP contribution is 2.43. The molecule has 0 amide bonds. The molecular formula is C61H41N3. The van der Waals surface area contributed by atoms with Gasteiger partial charge in [-0.25, -0.2) is 0 Å². The Bertz CT molecular complexity index is 3880. The van der Waals surface area contributed by atoms with Gasteiger partial charge < -0.3 is 14.5 Å². The second-order valence-corrected chi connectivity index (χ2v) is 17.0. The minimum absolute atomic E-state index is 0.130. The molecule has 0 radical (unpaired) electrons. The highest BCUT2D eigenvalue weighted by atomic mass is 15.1. The minimum atomic E-state index is -0.130. The van der Waals surface area contributed by atoms with Crippen molar-refractivity contribution in [3.8, 4) is 27.9 Å². The van der Waals surface area contributed by atoms with E-state index in [2.05, 4.69) is 251 Å². The Morgan fingerprint density at radius 2 is 0.859 bits per heavy atom. The average molecular weight is 816 g/mol. The Morgan fingerprint density at radius 3 is 1.53 bits per heavy atom. The van der Waals surface area contributed by atoms with Gasteiger partial charge in [-0.3, -0.25) is 0 Å². The number of rotatable bonds is 6. The lowest BCUT2D eigenvalue weighted by molar-refractivity contribution is 0.762. The van der Waals surface area contributed by atoms with Crippen molar-refractivity contribution in [3.05, 3.63) is 248 Å². The number of aromatic nitrogens is 2. The molecule has 1 N–H and O–H groups in total. The van der Waals surface area contributed by atoms with Crippen molar-refractivity contribution in [2.75, 3.05) is 0 Å². The summed E-state index contributed by atoms with van der Waals surface area (Å²) in [6.07, 6.45) is 4.79. The number of para-hydroxylation sites is 3. The van der Waals surface area contributed by atoms with Gasteiger partial charge in [0, 0.05) is 38.6 Å². The van der Waals surface area contributed by atoms with Crippen molar-refractivity contribution in [1.82, 2.24) is 14.5 Å². The van der Waals surface area contributed by atoms with Crippen molar-refractivity contribution in [2.24, 2.45) is 0 Å². The molecule has 3 nitrogen and oxygen atoms in total. The van der Waals surface area contributed by atoms with E-state index in [1.807, 2.05) is 0 Å². The molecule has 1 aliphatic rings. The molecule has 1 atom stereocenters. The van der Waals surface area contributed by atoms with Crippen molar-refractivity contribution in [1.29, 1.82) is 0 Å². The lowest BCUT2D eigenvalue weighted by atomic mass is 9.94. The topological polar surface area (TPSA) is 21.9 Å². The van der Waals surface area contributed by atoms with Crippen LogP contribution < -0.4 is 5.32 Å². The Labute approximate surface area is 371 Å². The van der Waals surface area contributed by atoms with Gasteiger partial charge >= 0.3 is 0 Å². The molecule has 300 valence electrons. The van der Waals surface area contributed by atoms with Crippen molar-refractivity contribution >= 4 is 76.6 Å². The third kappa shape index (κ3) is 5.90. The average Bonchev–Trinajstić information content (AvgIpc) is 3.89. The molecule has 1 aliphatic heterocycles.